The van der Waals surface area contributed by atoms with Crippen LogP contribution in [0.2, 0.25) is 0 Å². The van der Waals surface area contributed by atoms with Gasteiger partial charge in [-0.2, -0.15) is 5.10 Å². The van der Waals surface area contributed by atoms with E-state index in [0.717, 1.165) is 10.0 Å². The molecule has 0 fully saturated rings. The third kappa shape index (κ3) is 3.91. The average Bonchev–Trinajstić information content (AvgIpc) is 2.90. The Morgan fingerprint density at radius 3 is 2.90 bits per heavy atom. The van der Waals surface area contributed by atoms with Crippen molar-refractivity contribution in [3.8, 4) is 0 Å². The van der Waals surface area contributed by atoms with Crippen molar-refractivity contribution in [1.29, 1.82) is 0 Å². The Hall–Kier alpha value is -1.18. The van der Waals surface area contributed by atoms with Gasteiger partial charge in [-0.25, -0.2) is 13.1 Å². The molecule has 1 N–H and O–H groups in total. The van der Waals surface area contributed by atoms with Crippen LogP contribution in [-0.2, 0) is 16.6 Å². The minimum Gasteiger partial charge on any atom is -0.273 e. The highest BCUT2D eigenvalue weighted by molar-refractivity contribution is 9.10. The van der Waals surface area contributed by atoms with Crippen molar-refractivity contribution in [3.05, 3.63) is 46.7 Å². The molecule has 7 heteroatoms. The molecule has 0 spiro atoms. The maximum atomic E-state index is 12.2. The van der Waals surface area contributed by atoms with E-state index in [1.54, 1.807) is 29.9 Å². The predicted molar refractivity (Wildman–Crippen MR) is 80.9 cm³/mol. The maximum Gasteiger partial charge on any atom is 0.240 e. The number of aryl methyl sites for hydroxylation is 2. The number of hydrogen-bond acceptors (Lipinski definition) is 3. The molecule has 0 aliphatic heterocycles. The van der Waals surface area contributed by atoms with Gasteiger partial charge >= 0.3 is 0 Å². The van der Waals surface area contributed by atoms with Crippen LogP contribution in [0.3, 0.4) is 0 Å². The molecule has 5 nitrogen and oxygen atoms in total. The van der Waals surface area contributed by atoms with E-state index in [1.165, 1.54) is 0 Å². The molecule has 0 amide bonds. The number of benzene rings is 1. The van der Waals surface area contributed by atoms with Crippen LogP contribution in [0.25, 0.3) is 0 Å². The smallest absolute Gasteiger partial charge is 0.240 e. The zero-order valence-corrected chi connectivity index (χ0v) is 13.5. The lowest BCUT2D eigenvalue weighted by Gasteiger charge is -2.09. The molecule has 2 aromatic rings. The second kappa shape index (κ2) is 6.51. The van der Waals surface area contributed by atoms with Gasteiger partial charge in [-0.15, -0.1) is 0 Å². The van der Waals surface area contributed by atoms with Crippen LogP contribution in [0.15, 0.2) is 46.0 Å². The number of aromatic nitrogens is 2. The zero-order chi connectivity index (χ0) is 14.6. The van der Waals surface area contributed by atoms with Crippen LogP contribution >= 0.6 is 15.9 Å². The SMILES string of the molecule is Cc1ccc(Br)cc1S(=O)(=O)NCCCn1cccn1. The van der Waals surface area contributed by atoms with Crippen LogP contribution in [0.5, 0.6) is 0 Å². The van der Waals surface area contributed by atoms with E-state index in [0.29, 0.717) is 24.4 Å². The fourth-order valence-corrected chi connectivity index (χ4v) is 3.68. The zero-order valence-electron chi connectivity index (χ0n) is 11.1. The van der Waals surface area contributed by atoms with Crippen LogP contribution < -0.4 is 4.72 Å². The summed E-state index contributed by atoms with van der Waals surface area (Å²) in [5.74, 6) is 0. The molecule has 0 bridgehead atoms. The average molecular weight is 358 g/mol. The van der Waals surface area contributed by atoms with E-state index in [4.69, 9.17) is 0 Å². The van der Waals surface area contributed by atoms with Crippen molar-refractivity contribution in [1.82, 2.24) is 14.5 Å². The third-order valence-electron chi connectivity index (χ3n) is 2.85. The van der Waals surface area contributed by atoms with Crippen molar-refractivity contribution in [2.45, 2.75) is 24.8 Å². The first-order valence-corrected chi connectivity index (χ1v) is 8.50. The molecule has 108 valence electrons. The molecular formula is C13H16BrN3O2S. The largest absolute Gasteiger partial charge is 0.273 e. The molecule has 0 aliphatic carbocycles. The van der Waals surface area contributed by atoms with Gasteiger partial charge in [0.15, 0.2) is 0 Å². The molecule has 0 saturated carbocycles. The maximum absolute atomic E-state index is 12.2. The van der Waals surface area contributed by atoms with E-state index in [9.17, 15) is 8.42 Å². The lowest BCUT2D eigenvalue weighted by atomic mass is 10.2. The lowest BCUT2D eigenvalue weighted by molar-refractivity contribution is 0.552. The summed E-state index contributed by atoms with van der Waals surface area (Å²) in [5.41, 5.74) is 0.729. The normalized spacial score (nSPS) is 11.7. The van der Waals surface area contributed by atoms with Crippen molar-refractivity contribution < 1.29 is 8.42 Å². The second-order valence-corrected chi connectivity index (χ2v) is 7.08. The summed E-state index contributed by atoms with van der Waals surface area (Å²) < 4.78 is 29.6. The first-order valence-electron chi connectivity index (χ1n) is 6.22. The molecule has 2 rings (SSSR count). The van der Waals surface area contributed by atoms with Crippen molar-refractivity contribution in [3.63, 3.8) is 0 Å². The predicted octanol–water partition coefficient (Wildman–Crippen LogP) is 2.32. The van der Waals surface area contributed by atoms with Crippen LogP contribution in [0.4, 0.5) is 0 Å². The summed E-state index contributed by atoms with van der Waals surface area (Å²) in [6, 6.07) is 7.06. The highest BCUT2D eigenvalue weighted by Crippen LogP contribution is 2.20. The van der Waals surface area contributed by atoms with Crippen LogP contribution in [0.1, 0.15) is 12.0 Å². The number of nitrogens with one attached hydrogen (secondary N) is 1. The van der Waals surface area contributed by atoms with Gasteiger partial charge in [0.05, 0.1) is 4.90 Å². The minimum atomic E-state index is -3.46. The molecule has 0 aliphatic rings. The number of sulfonamides is 1. The van der Waals surface area contributed by atoms with Gasteiger partial charge in [-0.05, 0) is 37.1 Å². The fraction of sp³-hybridized carbons (Fsp3) is 0.308. The van der Waals surface area contributed by atoms with Gasteiger partial charge in [0, 0.05) is 30.0 Å². The fourth-order valence-electron chi connectivity index (χ4n) is 1.82. The molecule has 0 unspecified atom stereocenters. The summed E-state index contributed by atoms with van der Waals surface area (Å²) in [7, 11) is -3.46. The van der Waals surface area contributed by atoms with Gasteiger partial charge in [-0.1, -0.05) is 22.0 Å². The van der Waals surface area contributed by atoms with E-state index in [2.05, 4.69) is 25.8 Å². The molecule has 0 saturated heterocycles. The molecule has 0 atom stereocenters. The van der Waals surface area contributed by atoms with Crippen LogP contribution in [0, 0.1) is 6.92 Å². The monoisotopic (exact) mass is 357 g/mol. The van der Waals surface area contributed by atoms with Gasteiger partial charge in [-0.3, -0.25) is 4.68 Å². The van der Waals surface area contributed by atoms with Crippen molar-refractivity contribution in [2.24, 2.45) is 0 Å². The minimum absolute atomic E-state index is 0.311. The van der Waals surface area contributed by atoms with Gasteiger partial charge in [0.25, 0.3) is 0 Å². The Morgan fingerprint density at radius 1 is 1.40 bits per heavy atom. The summed E-state index contributed by atoms with van der Waals surface area (Å²) in [4.78, 5) is 0.311. The Labute approximate surface area is 127 Å². The van der Waals surface area contributed by atoms with E-state index < -0.39 is 10.0 Å². The molecular weight excluding hydrogens is 342 g/mol. The van der Waals surface area contributed by atoms with Crippen molar-refractivity contribution in [2.75, 3.05) is 6.54 Å². The molecule has 1 aromatic heterocycles. The lowest BCUT2D eigenvalue weighted by Crippen LogP contribution is -2.26. The Balaban J connectivity index is 1.95. The molecule has 1 heterocycles. The second-order valence-electron chi connectivity index (χ2n) is 4.43. The topological polar surface area (TPSA) is 64.0 Å². The quantitative estimate of drug-likeness (QED) is 0.806. The number of rotatable bonds is 6. The highest BCUT2D eigenvalue weighted by atomic mass is 79.9. The van der Waals surface area contributed by atoms with Gasteiger partial charge in [0.1, 0.15) is 0 Å². The van der Waals surface area contributed by atoms with E-state index >= 15 is 0 Å². The standard InChI is InChI=1S/C13H16BrN3O2S/c1-11-4-5-12(14)10-13(11)20(18,19)16-7-3-9-17-8-2-6-15-17/h2,4-6,8,10,16H,3,7,9H2,1H3. The summed E-state index contributed by atoms with van der Waals surface area (Å²) in [6.07, 6.45) is 4.25. The Bertz CT molecular complexity index is 669. The molecule has 0 radical (unpaired) electrons. The van der Waals surface area contributed by atoms with Crippen LogP contribution in [-0.4, -0.2) is 24.7 Å². The molecule has 1 aromatic carbocycles. The van der Waals surface area contributed by atoms with E-state index in [1.807, 2.05) is 18.3 Å². The molecule has 20 heavy (non-hydrogen) atoms. The van der Waals surface area contributed by atoms with E-state index in [-0.39, 0.29) is 0 Å². The summed E-state index contributed by atoms with van der Waals surface area (Å²) >= 11 is 3.29. The Kier molecular flexibility index (Phi) is 4.95. The first-order chi connectivity index (χ1) is 9.49. The summed E-state index contributed by atoms with van der Waals surface area (Å²) in [5, 5.41) is 4.07. The van der Waals surface area contributed by atoms with Gasteiger partial charge in [0.2, 0.25) is 10.0 Å². The van der Waals surface area contributed by atoms with Crippen molar-refractivity contribution >= 4 is 26.0 Å². The number of nitrogens with zero attached hydrogens (tertiary/aromatic N) is 2. The van der Waals surface area contributed by atoms with Gasteiger partial charge < -0.3 is 0 Å². The number of halogens is 1. The number of hydrogen-bond donors (Lipinski definition) is 1. The Morgan fingerprint density at radius 2 is 2.20 bits per heavy atom. The third-order valence-corrected chi connectivity index (χ3v) is 4.95. The summed E-state index contributed by atoms with van der Waals surface area (Å²) in [6.45, 7) is 2.85. The highest BCUT2D eigenvalue weighted by Gasteiger charge is 2.16. The first kappa shape index (κ1) is 15.2.